The lowest BCUT2D eigenvalue weighted by Crippen LogP contribution is -2.65. The molecule has 2 aliphatic rings. The van der Waals surface area contributed by atoms with E-state index in [-0.39, 0.29) is 18.9 Å². The summed E-state index contributed by atoms with van der Waals surface area (Å²) in [6, 6.07) is -0.915. The molecule has 12 unspecified atom stereocenters. The Morgan fingerprint density at radius 2 is 0.680 bits per heavy atom. The van der Waals surface area contributed by atoms with E-state index in [1.54, 1.807) is 6.08 Å². The summed E-state index contributed by atoms with van der Waals surface area (Å²) in [6.07, 6.45) is 73.5. The highest BCUT2D eigenvalue weighted by molar-refractivity contribution is 5.76. The molecule has 0 aromatic carbocycles. The van der Waals surface area contributed by atoms with E-state index in [1.807, 2.05) is 6.08 Å². The highest BCUT2D eigenvalue weighted by atomic mass is 16.7. The van der Waals surface area contributed by atoms with Gasteiger partial charge in [-0.3, -0.25) is 4.79 Å². The van der Waals surface area contributed by atoms with Crippen LogP contribution in [0.25, 0.3) is 0 Å². The molecule has 14 heteroatoms. The van der Waals surface area contributed by atoms with Crippen LogP contribution in [0.1, 0.15) is 380 Å². The number of aliphatic hydroxyl groups excluding tert-OH is 8. The van der Waals surface area contributed by atoms with Crippen molar-refractivity contribution in [3.05, 3.63) is 48.6 Å². The van der Waals surface area contributed by atoms with E-state index in [1.165, 1.54) is 302 Å². The molecule has 0 aromatic heterocycles. The fraction of sp³-hybridized carbons (Fsp3) is 0.892. The van der Waals surface area contributed by atoms with Gasteiger partial charge >= 0.3 is 0 Å². The number of aliphatic hydroxyl groups is 8. The summed E-state index contributed by atoms with van der Waals surface area (Å²) in [7, 11) is 0. The van der Waals surface area contributed by atoms with Gasteiger partial charge in [0.2, 0.25) is 5.91 Å². The minimum absolute atomic E-state index is 0.231. The largest absolute Gasteiger partial charge is 0.394 e. The number of rotatable bonds is 70. The highest BCUT2D eigenvalue weighted by Crippen LogP contribution is 2.30. The predicted octanol–water partition coefficient (Wildman–Crippen LogP) is 19.0. The van der Waals surface area contributed by atoms with Crippen LogP contribution in [0.5, 0.6) is 0 Å². The zero-order valence-electron chi connectivity index (χ0n) is 62.6. The fourth-order valence-corrected chi connectivity index (χ4v) is 13.7. The Labute approximate surface area is 594 Å². The SMILES string of the molecule is CCCCCCC/C=C\C/C=C\C/C=C\CCCCCCCCCCCCCCCCCCCCCCCCCCC(=O)NC(COC1OC(CO)C(OC2OC(CO)C(O)C(O)C2O)C(O)C1O)C(O)/C=C/CCCCCCCCCCCCCCCCCCCCCCCC. The van der Waals surface area contributed by atoms with Gasteiger partial charge in [0.25, 0.3) is 0 Å². The number of allylic oxidation sites excluding steroid dienone is 7. The van der Waals surface area contributed by atoms with Crippen molar-refractivity contribution >= 4 is 5.91 Å². The second-order valence-corrected chi connectivity index (χ2v) is 29.3. The molecule has 2 rings (SSSR count). The zero-order valence-corrected chi connectivity index (χ0v) is 62.6. The van der Waals surface area contributed by atoms with E-state index < -0.39 is 86.8 Å². The van der Waals surface area contributed by atoms with E-state index >= 15 is 0 Å². The lowest BCUT2D eigenvalue weighted by atomic mass is 9.97. The zero-order chi connectivity index (χ0) is 70.1. The second kappa shape index (κ2) is 67.1. The summed E-state index contributed by atoms with van der Waals surface area (Å²) in [6.45, 7) is 2.85. The third-order valence-corrected chi connectivity index (χ3v) is 20.3. The van der Waals surface area contributed by atoms with Gasteiger partial charge in [0.1, 0.15) is 48.8 Å². The van der Waals surface area contributed by atoms with Gasteiger partial charge in [-0.05, 0) is 57.8 Å². The standard InChI is InChI=1S/C83H155NO13/c1-3-5-7-9-11-13-15-17-19-21-23-25-27-29-30-31-32-33-34-35-36-37-38-39-40-41-42-43-45-47-49-51-53-55-57-59-61-63-65-67-75(88)84-71(70-94-82-80(93)78(91)81(74(69-86)96-82)97-83-79(92)77(90)76(89)73(68-85)95-83)72(87)66-64-62-60-58-56-54-52-50-48-46-44-28-26-24-22-20-18-16-14-12-10-8-6-4-2/h15,17,21,23,27,29,64,66,71-74,76-83,85-87,89-93H,3-14,16,18-20,22,24-26,28,30-63,65,67-70H2,1-2H3,(H,84,88)/b17-15-,23-21-,29-27-,66-64+. The van der Waals surface area contributed by atoms with Gasteiger partial charge in [-0.25, -0.2) is 0 Å². The Morgan fingerprint density at radius 1 is 0.371 bits per heavy atom. The molecule has 0 bridgehead atoms. The van der Waals surface area contributed by atoms with Crippen LogP contribution in [0.3, 0.4) is 0 Å². The summed E-state index contributed by atoms with van der Waals surface area (Å²) in [5.74, 6) is -0.231. The molecule has 97 heavy (non-hydrogen) atoms. The van der Waals surface area contributed by atoms with Gasteiger partial charge in [0, 0.05) is 6.42 Å². The number of hydrogen-bond donors (Lipinski definition) is 9. The first-order valence-corrected chi connectivity index (χ1v) is 41.4. The van der Waals surface area contributed by atoms with Crippen LogP contribution in [-0.2, 0) is 23.7 Å². The first kappa shape index (κ1) is 91.0. The number of ether oxygens (including phenoxy) is 4. The molecule has 2 saturated heterocycles. The number of carbonyl (C=O) groups excluding carboxylic acids is 1. The highest BCUT2D eigenvalue weighted by Gasteiger charge is 2.51. The molecule has 2 aliphatic heterocycles. The molecule has 570 valence electrons. The predicted molar refractivity (Wildman–Crippen MR) is 401 cm³/mol. The van der Waals surface area contributed by atoms with Crippen LogP contribution in [0, 0.1) is 0 Å². The Hall–Kier alpha value is -2.05. The normalized spacial score (nSPS) is 22.3. The van der Waals surface area contributed by atoms with Crippen molar-refractivity contribution in [1.29, 1.82) is 0 Å². The van der Waals surface area contributed by atoms with Gasteiger partial charge < -0.3 is 65.1 Å². The molecule has 2 fully saturated rings. The Kier molecular flexibility index (Phi) is 63.0. The second-order valence-electron chi connectivity index (χ2n) is 29.3. The van der Waals surface area contributed by atoms with E-state index in [2.05, 4.69) is 55.6 Å². The lowest BCUT2D eigenvalue weighted by Gasteiger charge is -2.46. The van der Waals surface area contributed by atoms with Crippen LogP contribution in [0.4, 0.5) is 0 Å². The number of nitrogens with one attached hydrogen (secondary N) is 1. The molecule has 1 amide bonds. The molecular weight excluding hydrogens is 1220 g/mol. The average Bonchev–Trinajstić information content (AvgIpc) is 0.794. The summed E-state index contributed by atoms with van der Waals surface area (Å²) < 4.78 is 22.9. The molecule has 0 aromatic rings. The lowest BCUT2D eigenvalue weighted by molar-refractivity contribution is -0.359. The molecule has 0 radical (unpaired) electrons. The van der Waals surface area contributed by atoms with E-state index in [4.69, 9.17) is 18.9 Å². The Morgan fingerprint density at radius 3 is 1.04 bits per heavy atom. The molecule has 2 heterocycles. The number of unbranched alkanes of at least 4 members (excludes halogenated alkanes) is 51. The van der Waals surface area contributed by atoms with Crippen LogP contribution < -0.4 is 5.32 Å². The number of hydrogen-bond acceptors (Lipinski definition) is 13. The third-order valence-electron chi connectivity index (χ3n) is 20.3. The molecule has 9 N–H and O–H groups in total. The van der Waals surface area contributed by atoms with Crippen molar-refractivity contribution in [2.75, 3.05) is 19.8 Å². The monoisotopic (exact) mass is 1370 g/mol. The van der Waals surface area contributed by atoms with Crippen molar-refractivity contribution in [3.63, 3.8) is 0 Å². The topological polar surface area (TPSA) is 228 Å². The molecule has 0 saturated carbocycles. The van der Waals surface area contributed by atoms with Crippen molar-refractivity contribution in [2.24, 2.45) is 0 Å². The van der Waals surface area contributed by atoms with Gasteiger partial charge in [-0.1, -0.05) is 364 Å². The fourth-order valence-electron chi connectivity index (χ4n) is 13.7. The van der Waals surface area contributed by atoms with Crippen LogP contribution >= 0.6 is 0 Å². The quantitative estimate of drug-likeness (QED) is 0.0204. The first-order chi connectivity index (χ1) is 47.6. The molecule has 14 nitrogen and oxygen atoms in total. The maximum absolute atomic E-state index is 13.4. The Bertz CT molecular complexity index is 1810. The van der Waals surface area contributed by atoms with Crippen LogP contribution in [-0.4, -0.2) is 140 Å². The Balaban J connectivity index is 1.57. The summed E-state index contributed by atoms with van der Waals surface area (Å²) >= 11 is 0. The van der Waals surface area contributed by atoms with Gasteiger partial charge in [0.05, 0.1) is 32.0 Å². The molecule has 12 atom stereocenters. The number of carbonyl (C=O) groups is 1. The van der Waals surface area contributed by atoms with Crippen LogP contribution in [0.2, 0.25) is 0 Å². The van der Waals surface area contributed by atoms with Crippen molar-refractivity contribution in [1.82, 2.24) is 5.32 Å². The van der Waals surface area contributed by atoms with E-state index in [0.717, 1.165) is 51.4 Å². The van der Waals surface area contributed by atoms with E-state index in [0.29, 0.717) is 6.42 Å². The third kappa shape index (κ3) is 50.1. The molecular formula is C83H155NO13. The maximum Gasteiger partial charge on any atom is 0.220 e. The van der Waals surface area contributed by atoms with Crippen molar-refractivity contribution in [2.45, 2.75) is 453 Å². The van der Waals surface area contributed by atoms with Gasteiger partial charge in [-0.15, -0.1) is 0 Å². The first-order valence-electron chi connectivity index (χ1n) is 41.4. The minimum atomic E-state index is -1.79. The summed E-state index contributed by atoms with van der Waals surface area (Å²) in [5.41, 5.74) is 0. The smallest absolute Gasteiger partial charge is 0.220 e. The molecule has 0 aliphatic carbocycles. The summed E-state index contributed by atoms with van der Waals surface area (Å²) in [5, 5.41) is 87.7. The van der Waals surface area contributed by atoms with Gasteiger partial charge in [0.15, 0.2) is 12.6 Å². The van der Waals surface area contributed by atoms with Crippen LogP contribution in [0.15, 0.2) is 48.6 Å². The minimum Gasteiger partial charge on any atom is -0.394 e. The van der Waals surface area contributed by atoms with Crippen molar-refractivity contribution in [3.8, 4) is 0 Å². The summed E-state index contributed by atoms with van der Waals surface area (Å²) in [4.78, 5) is 13.4. The maximum atomic E-state index is 13.4. The number of amides is 1. The molecule has 0 spiro atoms. The van der Waals surface area contributed by atoms with Crippen molar-refractivity contribution < 1.29 is 64.6 Å². The van der Waals surface area contributed by atoms with Gasteiger partial charge in [-0.2, -0.15) is 0 Å². The average molecular weight is 1380 g/mol. The van der Waals surface area contributed by atoms with E-state index in [9.17, 15) is 45.6 Å².